The van der Waals surface area contributed by atoms with E-state index in [0.29, 0.717) is 5.95 Å². The van der Waals surface area contributed by atoms with Crippen molar-refractivity contribution in [3.8, 4) is 11.3 Å². The van der Waals surface area contributed by atoms with Crippen molar-refractivity contribution >= 4 is 82.5 Å². The van der Waals surface area contributed by atoms with Crippen molar-refractivity contribution in [1.82, 2.24) is 9.97 Å². The lowest BCUT2D eigenvalue weighted by molar-refractivity contribution is 0.628. The van der Waals surface area contributed by atoms with E-state index in [-0.39, 0.29) is 5.41 Å². The van der Waals surface area contributed by atoms with Gasteiger partial charge in [0.2, 0.25) is 5.95 Å². The van der Waals surface area contributed by atoms with Crippen LogP contribution in [0.2, 0.25) is 0 Å². The van der Waals surface area contributed by atoms with Crippen LogP contribution in [-0.2, 0) is 5.41 Å². The maximum atomic E-state index is 6.95. The molecule has 1 aliphatic heterocycles. The van der Waals surface area contributed by atoms with Crippen LogP contribution in [0.4, 0.5) is 17.3 Å². The van der Waals surface area contributed by atoms with E-state index in [2.05, 4.69) is 164 Å². The van der Waals surface area contributed by atoms with Crippen LogP contribution < -0.4 is 4.90 Å². The average Bonchev–Trinajstić information content (AvgIpc) is 3.58. The van der Waals surface area contributed by atoms with Gasteiger partial charge in [-0.15, -0.1) is 0 Å². The first-order valence-electron chi connectivity index (χ1n) is 17.5. The molecule has 0 fully saturated rings. The molecule has 8 aromatic carbocycles. The summed E-state index contributed by atoms with van der Waals surface area (Å²) in [7, 11) is 0. The Balaban J connectivity index is 1.37. The molecule has 10 aromatic rings. The van der Waals surface area contributed by atoms with Crippen LogP contribution in [0.25, 0.3) is 76.4 Å². The summed E-state index contributed by atoms with van der Waals surface area (Å²) in [4.78, 5) is 13.5. The molecule has 240 valence electrons. The molecule has 0 N–H and O–H groups in total. The summed E-state index contributed by atoms with van der Waals surface area (Å²) >= 11 is 0. The molecule has 3 heterocycles. The van der Waals surface area contributed by atoms with E-state index in [4.69, 9.17) is 14.4 Å². The second-order valence-electron chi connectivity index (χ2n) is 14.1. The molecule has 0 saturated carbocycles. The van der Waals surface area contributed by atoms with E-state index in [1.54, 1.807) is 0 Å². The van der Waals surface area contributed by atoms with Crippen molar-refractivity contribution in [2.75, 3.05) is 4.90 Å². The Morgan fingerprint density at radius 2 is 1.08 bits per heavy atom. The third-order valence-corrected chi connectivity index (χ3v) is 11.0. The molecule has 4 heteroatoms. The number of benzene rings is 8. The maximum Gasteiger partial charge on any atom is 0.235 e. The fourth-order valence-electron chi connectivity index (χ4n) is 8.81. The Labute approximate surface area is 294 Å². The number of anilines is 3. The molecule has 0 radical (unpaired) electrons. The van der Waals surface area contributed by atoms with Gasteiger partial charge in [0.05, 0.1) is 22.6 Å². The van der Waals surface area contributed by atoms with Gasteiger partial charge in [0.25, 0.3) is 0 Å². The summed E-state index contributed by atoms with van der Waals surface area (Å²) in [6, 6.07) is 53.7. The third kappa shape index (κ3) is 3.79. The lowest BCUT2D eigenvalue weighted by Gasteiger charge is -2.41. The number of hydrogen-bond donors (Lipinski definition) is 0. The molecule has 4 nitrogen and oxygen atoms in total. The van der Waals surface area contributed by atoms with Crippen LogP contribution in [0, 0.1) is 0 Å². The van der Waals surface area contributed by atoms with Crippen molar-refractivity contribution in [1.29, 1.82) is 0 Å². The van der Waals surface area contributed by atoms with Gasteiger partial charge in [0.1, 0.15) is 5.58 Å². The fraction of sp³-hybridized carbons (Fsp3) is 0.0638. The smallest absolute Gasteiger partial charge is 0.235 e. The van der Waals surface area contributed by atoms with Gasteiger partial charge in [0.15, 0.2) is 5.58 Å². The Bertz CT molecular complexity index is 3070. The molecule has 0 bridgehead atoms. The normalized spacial score (nSPS) is 13.8. The molecule has 0 unspecified atom stereocenters. The topological polar surface area (TPSA) is 42.2 Å². The van der Waals surface area contributed by atoms with E-state index in [9.17, 15) is 0 Å². The van der Waals surface area contributed by atoms with Gasteiger partial charge >= 0.3 is 0 Å². The van der Waals surface area contributed by atoms with Gasteiger partial charge in [-0.05, 0) is 50.2 Å². The molecule has 1 aliphatic rings. The zero-order chi connectivity index (χ0) is 33.8. The Kier molecular flexibility index (Phi) is 5.70. The lowest BCUT2D eigenvalue weighted by atomic mass is 9.71. The minimum Gasteiger partial charge on any atom is -0.454 e. The second kappa shape index (κ2) is 10.3. The van der Waals surface area contributed by atoms with Gasteiger partial charge in [-0.2, -0.15) is 0 Å². The van der Waals surface area contributed by atoms with Crippen molar-refractivity contribution in [3.05, 3.63) is 163 Å². The predicted octanol–water partition coefficient (Wildman–Crippen LogP) is 12.8. The summed E-state index contributed by atoms with van der Waals surface area (Å²) in [5, 5.41) is 10.3. The molecule has 0 amide bonds. The Morgan fingerprint density at radius 3 is 1.84 bits per heavy atom. The molecule has 0 atom stereocenters. The van der Waals surface area contributed by atoms with Gasteiger partial charge in [-0.25, -0.2) is 9.97 Å². The maximum absolute atomic E-state index is 6.95. The van der Waals surface area contributed by atoms with E-state index in [1.165, 1.54) is 32.7 Å². The van der Waals surface area contributed by atoms with Crippen molar-refractivity contribution < 1.29 is 4.42 Å². The standard InChI is InChI=1S/C47H31N3O/c1-47(2)36-25-13-14-26-37(36)50(44-41(47)33-22-10-9-21-32(33)39-35-24-12-15-27-38(35)51-45(39)44)46-48-42(28-16-4-3-5-17-28)40-31-20-8-6-18-29(31)30-19-7-11-23-34(30)43(40)49-46/h3-27H,1-2H3. The van der Waals surface area contributed by atoms with Gasteiger partial charge in [-0.1, -0.05) is 153 Å². The van der Waals surface area contributed by atoms with Crippen LogP contribution in [0.3, 0.4) is 0 Å². The minimum atomic E-state index is -0.350. The first-order chi connectivity index (χ1) is 25.1. The number of nitrogens with zero attached hydrogens (tertiary/aromatic N) is 3. The Morgan fingerprint density at radius 1 is 0.510 bits per heavy atom. The summed E-state index contributed by atoms with van der Waals surface area (Å²) in [5.41, 5.74) is 8.71. The first kappa shape index (κ1) is 28.3. The SMILES string of the molecule is CC1(C)c2ccccc2N(c2nc(-c3ccccc3)c3c4ccccc4c4ccccc4c3n2)c2c1c1ccccc1c1c2oc2ccccc21. The molecule has 51 heavy (non-hydrogen) atoms. The number of hydrogen-bond acceptors (Lipinski definition) is 4. The molecule has 11 rings (SSSR count). The minimum absolute atomic E-state index is 0.350. The molecule has 0 saturated heterocycles. The highest BCUT2D eigenvalue weighted by molar-refractivity contribution is 6.28. The molecule has 0 spiro atoms. The quantitative estimate of drug-likeness (QED) is 0.174. The monoisotopic (exact) mass is 653 g/mol. The summed E-state index contributed by atoms with van der Waals surface area (Å²) in [5.74, 6) is 0.614. The summed E-state index contributed by atoms with van der Waals surface area (Å²) in [6.45, 7) is 4.67. The highest BCUT2D eigenvalue weighted by Gasteiger charge is 2.42. The van der Waals surface area contributed by atoms with E-state index in [1.807, 2.05) is 6.07 Å². The zero-order valence-corrected chi connectivity index (χ0v) is 28.2. The first-order valence-corrected chi connectivity index (χ1v) is 17.5. The van der Waals surface area contributed by atoms with Gasteiger partial charge in [-0.3, -0.25) is 4.90 Å². The second-order valence-corrected chi connectivity index (χ2v) is 14.1. The molecule has 2 aromatic heterocycles. The fourth-order valence-corrected chi connectivity index (χ4v) is 8.81. The van der Waals surface area contributed by atoms with Crippen LogP contribution in [0.15, 0.2) is 156 Å². The number of furan rings is 1. The van der Waals surface area contributed by atoms with Gasteiger partial charge < -0.3 is 4.42 Å². The van der Waals surface area contributed by atoms with Crippen LogP contribution in [0.1, 0.15) is 25.0 Å². The van der Waals surface area contributed by atoms with Crippen molar-refractivity contribution in [2.24, 2.45) is 0 Å². The number of para-hydroxylation sites is 2. The summed E-state index contributed by atoms with van der Waals surface area (Å²) < 4.78 is 6.95. The number of fused-ring (bicyclic) bond motifs is 15. The molecular weight excluding hydrogens is 623 g/mol. The van der Waals surface area contributed by atoms with E-state index in [0.717, 1.165) is 66.2 Å². The van der Waals surface area contributed by atoms with Crippen LogP contribution in [0.5, 0.6) is 0 Å². The highest BCUT2D eigenvalue weighted by Crippen LogP contribution is 2.57. The van der Waals surface area contributed by atoms with E-state index < -0.39 is 0 Å². The zero-order valence-electron chi connectivity index (χ0n) is 28.2. The number of rotatable bonds is 2. The number of aromatic nitrogens is 2. The van der Waals surface area contributed by atoms with E-state index >= 15 is 0 Å². The van der Waals surface area contributed by atoms with Crippen molar-refractivity contribution in [2.45, 2.75) is 19.3 Å². The lowest BCUT2D eigenvalue weighted by Crippen LogP contribution is -2.32. The average molecular weight is 654 g/mol. The highest BCUT2D eigenvalue weighted by atomic mass is 16.3. The predicted molar refractivity (Wildman–Crippen MR) is 212 cm³/mol. The molecular formula is C47H31N3O. The third-order valence-electron chi connectivity index (χ3n) is 11.0. The van der Waals surface area contributed by atoms with Crippen molar-refractivity contribution in [3.63, 3.8) is 0 Å². The largest absolute Gasteiger partial charge is 0.454 e. The van der Waals surface area contributed by atoms with Crippen LogP contribution in [-0.4, -0.2) is 9.97 Å². The summed E-state index contributed by atoms with van der Waals surface area (Å²) in [6.07, 6.45) is 0. The molecule has 0 aliphatic carbocycles. The van der Waals surface area contributed by atoms with Crippen LogP contribution >= 0.6 is 0 Å². The Hall–Kier alpha value is -6.52. The van der Waals surface area contributed by atoms with Gasteiger partial charge in [0, 0.05) is 32.5 Å².